The second-order valence-electron chi connectivity index (χ2n) is 7.45. The zero-order valence-electron chi connectivity index (χ0n) is 15.7. The van der Waals surface area contributed by atoms with Crippen LogP contribution in [-0.2, 0) is 0 Å². The van der Waals surface area contributed by atoms with Gasteiger partial charge >= 0.3 is 0 Å². The van der Waals surface area contributed by atoms with Gasteiger partial charge < -0.3 is 15.1 Å². The van der Waals surface area contributed by atoms with Crippen molar-refractivity contribution in [2.24, 2.45) is 0 Å². The van der Waals surface area contributed by atoms with E-state index in [4.69, 9.17) is 9.97 Å². The van der Waals surface area contributed by atoms with Gasteiger partial charge in [0, 0.05) is 17.5 Å². The average Bonchev–Trinajstić information content (AvgIpc) is 2.58. The molecule has 0 saturated carbocycles. The van der Waals surface area contributed by atoms with Crippen molar-refractivity contribution < 1.29 is 10.2 Å². The molecule has 1 heterocycles. The van der Waals surface area contributed by atoms with Crippen molar-refractivity contribution in [3.63, 3.8) is 0 Å². The number of phenols is 1. The molecule has 0 aliphatic heterocycles. The Labute approximate surface area is 154 Å². The van der Waals surface area contributed by atoms with E-state index in [0.717, 1.165) is 22.3 Å². The molecule has 3 aromatic rings. The lowest BCUT2D eigenvalue weighted by Crippen LogP contribution is -2.44. The van der Waals surface area contributed by atoms with E-state index >= 15 is 0 Å². The number of phenolic OH excluding ortho intramolecular Hbond substituents is 1. The molecule has 3 rings (SSSR count). The van der Waals surface area contributed by atoms with Crippen LogP contribution in [0.1, 0.15) is 26.3 Å². The first kappa shape index (κ1) is 18.1. The first-order valence-corrected chi connectivity index (χ1v) is 8.76. The Kier molecular flexibility index (Phi) is 4.83. The van der Waals surface area contributed by atoms with E-state index in [-0.39, 0.29) is 17.9 Å². The lowest BCUT2D eigenvalue weighted by molar-refractivity contribution is 0.290. The number of aromatic nitrogens is 2. The number of hydrogen-bond donors (Lipinski definition) is 2. The van der Waals surface area contributed by atoms with Crippen LogP contribution < -0.4 is 4.90 Å². The molecule has 0 spiro atoms. The molecule has 5 nitrogen and oxygen atoms in total. The maximum Gasteiger partial charge on any atom is 0.165 e. The second-order valence-corrected chi connectivity index (χ2v) is 7.45. The smallest absolute Gasteiger partial charge is 0.165 e. The summed E-state index contributed by atoms with van der Waals surface area (Å²) in [7, 11) is 0. The van der Waals surface area contributed by atoms with Crippen LogP contribution in [0.25, 0.3) is 22.3 Å². The Hall–Kier alpha value is -2.66. The Bertz CT molecular complexity index is 932. The lowest BCUT2D eigenvalue weighted by atomic mass is 10.0. The van der Waals surface area contributed by atoms with E-state index in [9.17, 15) is 10.2 Å². The SMILES string of the molecule is Cc1ccc2c(N(CCO)C(C)(C)C)nc(-c3ccccc3O)nc2c1. The van der Waals surface area contributed by atoms with Gasteiger partial charge in [-0.1, -0.05) is 18.2 Å². The molecule has 0 unspecified atom stereocenters. The first-order valence-electron chi connectivity index (χ1n) is 8.76. The van der Waals surface area contributed by atoms with Gasteiger partial charge in [-0.15, -0.1) is 0 Å². The van der Waals surface area contributed by atoms with Gasteiger partial charge in [-0.25, -0.2) is 9.97 Å². The van der Waals surface area contributed by atoms with E-state index < -0.39 is 0 Å². The highest BCUT2D eigenvalue weighted by molar-refractivity contribution is 5.92. The molecular formula is C21H25N3O2. The van der Waals surface area contributed by atoms with Crippen molar-refractivity contribution in [3.05, 3.63) is 48.0 Å². The summed E-state index contributed by atoms with van der Waals surface area (Å²) < 4.78 is 0. The molecule has 0 radical (unpaired) electrons. The van der Waals surface area contributed by atoms with E-state index in [1.807, 2.05) is 37.3 Å². The van der Waals surface area contributed by atoms with Crippen LogP contribution in [0.15, 0.2) is 42.5 Å². The van der Waals surface area contributed by atoms with Gasteiger partial charge in [-0.3, -0.25) is 0 Å². The van der Waals surface area contributed by atoms with Crippen LogP contribution in [0.3, 0.4) is 0 Å². The van der Waals surface area contributed by atoms with Gasteiger partial charge in [0.1, 0.15) is 11.6 Å². The molecule has 136 valence electrons. The Morgan fingerprint density at radius 2 is 1.77 bits per heavy atom. The van der Waals surface area contributed by atoms with Gasteiger partial charge in [0.15, 0.2) is 5.82 Å². The standard InChI is InChI=1S/C21H25N3O2/c1-14-9-10-15-17(13-14)22-19(16-7-5-6-8-18(16)26)23-20(15)24(11-12-25)21(2,3)4/h5-10,13,25-26H,11-12H2,1-4H3. The van der Waals surface area contributed by atoms with Crippen LogP contribution in [-0.4, -0.2) is 38.9 Å². The van der Waals surface area contributed by atoms with E-state index in [0.29, 0.717) is 17.9 Å². The summed E-state index contributed by atoms with van der Waals surface area (Å²) in [6, 6.07) is 13.1. The van der Waals surface area contributed by atoms with Crippen LogP contribution in [0, 0.1) is 6.92 Å². The summed E-state index contributed by atoms with van der Waals surface area (Å²) in [4.78, 5) is 11.6. The fraction of sp³-hybridized carbons (Fsp3) is 0.333. The number of fused-ring (bicyclic) bond motifs is 1. The van der Waals surface area contributed by atoms with Crippen LogP contribution in [0.4, 0.5) is 5.82 Å². The molecule has 0 aliphatic rings. The number of nitrogens with zero attached hydrogens (tertiary/aromatic N) is 3. The van der Waals surface area contributed by atoms with Gasteiger partial charge in [0.25, 0.3) is 0 Å². The first-order chi connectivity index (χ1) is 12.3. The van der Waals surface area contributed by atoms with Crippen molar-refractivity contribution in [2.45, 2.75) is 33.2 Å². The molecule has 26 heavy (non-hydrogen) atoms. The number of aromatic hydroxyl groups is 1. The quantitative estimate of drug-likeness (QED) is 0.746. The molecule has 5 heteroatoms. The second kappa shape index (κ2) is 6.92. The maximum atomic E-state index is 10.2. The number of anilines is 1. The van der Waals surface area contributed by atoms with Gasteiger partial charge in [-0.05, 0) is 57.5 Å². The number of hydrogen-bond acceptors (Lipinski definition) is 5. The fourth-order valence-corrected chi connectivity index (χ4v) is 3.07. The molecule has 0 bridgehead atoms. The third kappa shape index (κ3) is 3.48. The Morgan fingerprint density at radius 3 is 2.42 bits per heavy atom. The number of aliphatic hydroxyl groups is 1. The predicted octanol–water partition coefficient (Wildman–Crippen LogP) is 3.91. The molecule has 1 aromatic heterocycles. The number of para-hydroxylation sites is 1. The minimum absolute atomic E-state index is 0.0283. The van der Waals surface area contributed by atoms with Gasteiger partial charge in [0.2, 0.25) is 0 Å². The minimum atomic E-state index is -0.231. The molecular weight excluding hydrogens is 326 g/mol. The maximum absolute atomic E-state index is 10.2. The third-order valence-electron chi connectivity index (χ3n) is 4.37. The monoisotopic (exact) mass is 351 g/mol. The van der Waals surface area contributed by atoms with E-state index in [1.54, 1.807) is 12.1 Å². The topological polar surface area (TPSA) is 69.5 Å². The van der Waals surface area contributed by atoms with E-state index in [1.165, 1.54) is 0 Å². The predicted molar refractivity (Wildman–Crippen MR) is 106 cm³/mol. The highest BCUT2D eigenvalue weighted by Gasteiger charge is 2.25. The molecule has 0 fully saturated rings. The molecule has 0 amide bonds. The Balaban J connectivity index is 2.31. The van der Waals surface area contributed by atoms with Gasteiger partial charge in [-0.2, -0.15) is 0 Å². The zero-order chi connectivity index (χ0) is 18.9. The molecule has 2 aromatic carbocycles. The normalized spacial score (nSPS) is 11.7. The number of β-amino-alcohol motifs (C(OH)–C–C–N with tert-alkyl or cyclic N) is 1. The summed E-state index contributed by atoms with van der Waals surface area (Å²) in [5.74, 6) is 1.38. The molecule has 0 saturated heterocycles. The highest BCUT2D eigenvalue weighted by Crippen LogP contribution is 2.34. The molecule has 0 atom stereocenters. The Morgan fingerprint density at radius 1 is 1.04 bits per heavy atom. The number of benzene rings is 2. The van der Waals surface area contributed by atoms with Crippen LogP contribution in [0.5, 0.6) is 5.75 Å². The summed E-state index contributed by atoms with van der Waals surface area (Å²) in [6.45, 7) is 8.78. The van der Waals surface area contributed by atoms with Crippen molar-refractivity contribution in [1.29, 1.82) is 0 Å². The average molecular weight is 351 g/mol. The third-order valence-corrected chi connectivity index (χ3v) is 4.37. The largest absolute Gasteiger partial charge is 0.507 e. The van der Waals surface area contributed by atoms with E-state index in [2.05, 4.69) is 25.7 Å². The van der Waals surface area contributed by atoms with Crippen LogP contribution >= 0.6 is 0 Å². The van der Waals surface area contributed by atoms with Crippen molar-refractivity contribution in [3.8, 4) is 17.1 Å². The summed E-state index contributed by atoms with van der Waals surface area (Å²) >= 11 is 0. The lowest BCUT2D eigenvalue weighted by Gasteiger charge is -2.37. The van der Waals surface area contributed by atoms with Crippen molar-refractivity contribution in [2.75, 3.05) is 18.1 Å². The molecule has 2 N–H and O–H groups in total. The summed E-state index contributed by atoms with van der Waals surface area (Å²) in [5, 5.41) is 20.8. The fourth-order valence-electron chi connectivity index (χ4n) is 3.07. The van der Waals surface area contributed by atoms with Crippen molar-refractivity contribution in [1.82, 2.24) is 9.97 Å². The molecule has 0 aliphatic carbocycles. The van der Waals surface area contributed by atoms with Crippen molar-refractivity contribution >= 4 is 16.7 Å². The highest BCUT2D eigenvalue weighted by atomic mass is 16.3. The number of rotatable bonds is 4. The minimum Gasteiger partial charge on any atom is -0.507 e. The zero-order valence-corrected chi connectivity index (χ0v) is 15.7. The summed E-state index contributed by atoms with van der Waals surface area (Å²) in [5.41, 5.74) is 2.29. The number of aliphatic hydroxyl groups excluding tert-OH is 1. The van der Waals surface area contributed by atoms with Gasteiger partial charge in [0.05, 0.1) is 17.7 Å². The number of aryl methyl sites for hydroxylation is 1. The van der Waals surface area contributed by atoms with Crippen LogP contribution in [0.2, 0.25) is 0 Å². The summed E-state index contributed by atoms with van der Waals surface area (Å²) in [6.07, 6.45) is 0.